The zero-order chi connectivity index (χ0) is 22.2. The number of nitrogens with zero attached hydrogens (tertiary/aromatic N) is 4. The molecule has 4 rings (SSSR count). The molecule has 0 aliphatic carbocycles. The average Bonchev–Trinajstić information content (AvgIpc) is 2.87. The van der Waals surface area contributed by atoms with E-state index in [0.29, 0.717) is 17.9 Å². The zero-order valence-electron chi connectivity index (χ0n) is 18.7. The Bertz CT molecular complexity index is 1000. The van der Waals surface area contributed by atoms with Crippen LogP contribution in [0.25, 0.3) is 11.4 Å². The summed E-state index contributed by atoms with van der Waals surface area (Å²) in [5.41, 5.74) is 2.79. The number of nitrogens with one attached hydrogen (secondary N) is 1. The van der Waals surface area contributed by atoms with Crippen LogP contribution in [0, 0.1) is 0 Å². The van der Waals surface area contributed by atoms with Crippen LogP contribution in [0.4, 0.5) is 5.82 Å². The normalized spacial score (nSPS) is 14.3. The first-order valence-electron chi connectivity index (χ1n) is 11.5. The molecular formula is C26H31N5O. The lowest BCUT2D eigenvalue weighted by Gasteiger charge is -2.35. The summed E-state index contributed by atoms with van der Waals surface area (Å²) in [4.78, 5) is 27.1. The highest BCUT2D eigenvalue weighted by molar-refractivity contribution is 5.99. The van der Waals surface area contributed by atoms with Crippen LogP contribution < -0.4 is 10.2 Å². The van der Waals surface area contributed by atoms with Gasteiger partial charge in [-0.1, -0.05) is 67.6 Å². The van der Waals surface area contributed by atoms with E-state index in [9.17, 15) is 4.79 Å². The van der Waals surface area contributed by atoms with Crippen LogP contribution in [-0.4, -0.2) is 60.0 Å². The molecule has 2 aromatic carbocycles. The molecule has 1 saturated heterocycles. The van der Waals surface area contributed by atoms with Crippen LogP contribution in [0.3, 0.4) is 0 Å². The van der Waals surface area contributed by atoms with Gasteiger partial charge in [0.25, 0.3) is 5.91 Å². The molecule has 1 aromatic heterocycles. The minimum atomic E-state index is -0.106. The largest absolute Gasteiger partial charge is 0.353 e. The molecule has 1 N–H and O–H groups in total. The summed E-state index contributed by atoms with van der Waals surface area (Å²) in [6.07, 6.45) is 3.52. The lowest BCUT2D eigenvalue weighted by Crippen LogP contribution is -2.47. The predicted molar refractivity (Wildman–Crippen MR) is 129 cm³/mol. The van der Waals surface area contributed by atoms with Gasteiger partial charge in [0, 0.05) is 44.5 Å². The van der Waals surface area contributed by atoms with Crippen LogP contribution in [0.1, 0.15) is 29.3 Å². The molecule has 32 heavy (non-hydrogen) atoms. The van der Waals surface area contributed by atoms with Gasteiger partial charge < -0.3 is 15.1 Å². The van der Waals surface area contributed by atoms with E-state index in [2.05, 4.69) is 39.2 Å². The number of anilines is 1. The summed E-state index contributed by atoms with van der Waals surface area (Å²) in [5.74, 6) is 1.28. The van der Waals surface area contributed by atoms with Crippen LogP contribution in [0.2, 0.25) is 0 Å². The fraction of sp³-hybridized carbons (Fsp3) is 0.346. The Morgan fingerprint density at radius 2 is 1.66 bits per heavy atom. The monoisotopic (exact) mass is 429 g/mol. The fourth-order valence-electron chi connectivity index (χ4n) is 4.01. The molecule has 0 spiro atoms. The Labute approximate surface area is 190 Å². The number of likely N-dealkylation sites (N-methyl/N-ethyl adjacent to an activating group) is 1. The van der Waals surface area contributed by atoms with Crippen molar-refractivity contribution in [1.82, 2.24) is 20.2 Å². The SMILES string of the molecule is CCN1CCN(c2nc(-c3ccccc3)ncc2C(=O)NCCCc2ccccc2)CC1. The Kier molecular flexibility index (Phi) is 7.46. The van der Waals surface area contributed by atoms with Gasteiger partial charge in [-0.05, 0) is 24.9 Å². The second-order valence-electron chi connectivity index (χ2n) is 8.06. The van der Waals surface area contributed by atoms with Crippen molar-refractivity contribution in [3.63, 3.8) is 0 Å². The fourth-order valence-corrected chi connectivity index (χ4v) is 4.01. The van der Waals surface area contributed by atoms with Gasteiger partial charge in [0.2, 0.25) is 0 Å². The van der Waals surface area contributed by atoms with Gasteiger partial charge in [0.1, 0.15) is 11.4 Å². The molecule has 0 saturated carbocycles. The summed E-state index contributed by atoms with van der Waals surface area (Å²) in [6.45, 7) is 7.50. The Morgan fingerprint density at radius 1 is 0.969 bits per heavy atom. The number of aryl methyl sites for hydroxylation is 1. The summed E-state index contributed by atoms with van der Waals surface area (Å²) >= 11 is 0. The lowest BCUT2D eigenvalue weighted by molar-refractivity contribution is 0.0953. The van der Waals surface area contributed by atoms with Crippen molar-refractivity contribution in [1.29, 1.82) is 0 Å². The molecule has 0 bridgehead atoms. The smallest absolute Gasteiger partial charge is 0.256 e. The third kappa shape index (κ3) is 5.51. The number of carbonyl (C=O) groups excluding carboxylic acids is 1. The van der Waals surface area contributed by atoms with E-state index in [1.807, 2.05) is 48.5 Å². The summed E-state index contributed by atoms with van der Waals surface area (Å²) in [7, 11) is 0. The van der Waals surface area contributed by atoms with Gasteiger partial charge in [0.15, 0.2) is 5.82 Å². The highest BCUT2D eigenvalue weighted by atomic mass is 16.1. The van der Waals surface area contributed by atoms with Crippen molar-refractivity contribution in [3.8, 4) is 11.4 Å². The molecule has 1 aliphatic rings. The van der Waals surface area contributed by atoms with Gasteiger partial charge in [-0.25, -0.2) is 9.97 Å². The summed E-state index contributed by atoms with van der Waals surface area (Å²) in [5, 5.41) is 3.07. The molecule has 166 valence electrons. The van der Waals surface area contributed by atoms with Crippen LogP contribution in [0.5, 0.6) is 0 Å². The van der Waals surface area contributed by atoms with Crippen molar-refractivity contribution >= 4 is 11.7 Å². The molecule has 3 aromatic rings. The molecule has 2 heterocycles. The standard InChI is InChI=1S/C26H31N5O/c1-2-30-16-18-31(19-17-30)25-23(20-28-24(29-25)22-13-7-4-8-14-22)26(32)27-15-9-12-21-10-5-3-6-11-21/h3-8,10-11,13-14,20H,2,9,12,15-19H2,1H3,(H,27,32). The molecule has 0 radical (unpaired) electrons. The second kappa shape index (κ2) is 10.9. The van der Waals surface area contributed by atoms with Gasteiger partial charge in [-0.2, -0.15) is 0 Å². The summed E-state index contributed by atoms with van der Waals surface area (Å²) in [6, 6.07) is 20.3. The van der Waals surface area contributed by atoms with E-state index in [1.165, 1.54) is 5.56 Å². The third-order valence-electron chi connectivity index (χ3n) is 5.93. The van der Waals surface area contributed by atoms with Crippen molar-refractivity contribution < 1.29 is 4.79 Å². The van der Waals surface area contributed by atoms with E-state index in [1.54, 1.807) is 6.20 Å². The zero-order valence-corrected chi connectivity index (χ0v) is 18.7. The first-order valence-corrected chi connectivity index (χ1v) is 11.5. The predicted octanol–water partition coefficient (Wildman–Crippen LogP) is 3.65. The maximum atomic E-state index is 13.1. The molecule has 1 fully saturated rings. The van der Waals surface area contributed by atoms with Crippen molar-refractivity contribution in [3.05, 3.63) is 78.0 Å². The van der Waals surface area contributed by atoms with Crippen LogP contribution >= 0.6 is 0 Å². The Balaban J connectivity index is 1.48. The highest BCUT2D eigenvalue weighted by Gasteiger charge is 2.23. The molecule has 6 heteroatoms. The molecule has 1 aliphatic heterocycles. The highest BCUT2D eigenvalue weighted by Crippen LogP contribution is 2.23. The van der Waals surface area contributed by atoms with Gasteiger partial charge in [0.05, 0.1) is 0 Å². The number of hydrogen-bond acceptors (Lipinski definition) is 5. The molecule has 1 amide bonds. The number of amides is 1. The number of benzene rings is 2. The van der Waals surface area contributed by atoms with Crippen LogP contribution in [0.15, 0.2) is 66.9 Å². The second-order valence-corrected chi connectivity index (χ2v) is 8.06. The van der Waals surface area contributed by atoms with Crippen molar-refractivity contribution in [2.45, 2.75) is 19.8 Å². The Hall–Kier alpha value is -3.25. The van der Waals surface area contributed by atoms with Gasteiger partial charge in [-0.15, -0.1) is 0 Å². The Morgan fingerprint density at radius 3 is 2.34 bits per heavy atom. The minimum absolute atomic E-state index is 0.106. The number of hydrogen-bond donors (Lipinski definition) is 1. The maximum Gasteiger partial charge on any atom is 0.256 e. The molecule has 0 unspecified atom stereocenters. The number of rotatable bonds is 8. The van der Waals surface area contributed by atoms with E-state index < -0.39 is 0 Å². The average molecular weight is 430 g/mol. The maximum absolute atomic E-state index is 13.1. The quantitative estimate of drug-likeness (QED) is 0.554. The van der Waals surface area contributed by atoms with Gasteiger partial charge in [-0.3, -0.25) is 4.79 Å². The third-order valence-corrected chi connectivity index (χ3v) is 5.93. The first kappa shape index (κ1) is 22.0. The molecular weight excluding hydrogens is 398 g/mol. The molecule has 6 nitrogen and oxygen atoms in total. The topological polar surface area (TPSA) is 61.4 Å². The first-order chi connectivity index (χ1) is 15.7. The number of aromatic nitrogens is 2. The van der Waals surface area contributed by atoms with Crippen LogP contribution in [-0.2, 0) is 6.42 Å². The summed E-state index contributed by atoms with van der Waals surface area (Å²) < 4.78 is 0. The lowest BCUT2D eigenvalue weighted by atomic mass is 10.1. The number of carbonyl (C=O) groups is 1. The van der Waals surface area contributed by atoms with E-state index in [0.717, 1.165) is 56.9 Å². The van der Waals surface area contributed by atoms with Crippen molar-refractivity contribution in [2.24, 2.45) is 0 Å². The van der Waals surface area contributed by atoms with Crippen molar-refractivity contribution in [2.75, 3.05) is 44.2 Å². The minimum Gasteiger partial charge on any atom is -0.353 e. The van der Waals surface area contributed by atoms with Gasteiger partial charge >= 0.3 is 0 Å². The van der Waals surface area contributed by atoms with E-state index in [4.69, 9.17) is 4.98 Å². The van der Waals surface area contributed by atoms with E-state index in [-0.39, 0.29) is 5.91 Å². The van der Waals surface area contributed by atoms with E-state index >= 15 is 0 Å². The molecule has 0 atom stereocenters. The number of piperazine rings is 1.